The number of benzene rings is 2. The van der Waals surface area contributed by atoms with Crippen molar-refractivity contribution in [2.75, 3.05) is 5.32 Å². The highest BCUT2D eigenvalue weighted by atomic mass is 35.5. The normalized spacial score (nSPS) is 10.6. The third-order valence-electron chi connectivity index (χ3n) is 3.04. The van der Waals surface area contributed by atoms with Gasteiger partial charge in [-0.15, -0.1) is 11.3 Å². The lowest BCUT2D eigenvalue weighted by molar-refractivity contribution is 0.102. The standard InChI is InChI=1S/C16H9ClF2N2OS/c17-10-3-1-9(2-4-10)14-8-23-16(20-14)21-15(22)12-7-11(18)5-6-13(12)19/h1-8H,(H,20,21,22). The quantitative estimate of drug-likeness (QED) is 0.722. The summed E-state index contributed by atoms with van der Waals surface area (Å²) in [6.07, 6.45) is 0. The van der Waals surface area contributed by atoms with Crippen molar-refractivity contribution in [1.29, 1.82) is 0 Å². The number of aromatic nitrogens is 1. The van der Waals surface area contributed by atoms with Crippen LogP contribution in [0.5, 0.6) is 0 Å². The van der Waals surface area contributed by atoms with Crippen molar-refractivity contribution in [3.8, 4) is 11.3 Å². The van der Waals surface area contributed by atoms with Gasteiger partial charge in [0.1, 0.15) is 11.6 Å². The fourth-order valence-electron chi connectivity index (χ4n) is 1.92. The molecule has 116 valence electrons. The van der Waals surface area contributed by atoms with Crippen LogP contribution in [0.3, 0.4) is 0 Å². The van der Waals surface area contributed by atoms with Crippen LogP contribution < -0.4 is 5.32 Å². The molecule has 0 saturated carbocycles. The Bertz CT molecular complexity index is 865. The van der Waals surface area contributed by atoms with Crippen LogP contribution in [0.15, 0.2) is 47.8 Å². The van der Waals surface area contributed by atoms with Crippen molar-refractivity contribution in [1.82, 2.24) is 4.98 Å². The van der Waals surface area contributed by atoms with E-state index in [9.17, 15) is 13.6 Å². The number of nitrogens with one attached hydrogen (secondary N) is 1. The van der Waals surface area contributed by atoms with Gasteiger partial charge in [0.05, 0.1) is 11.3 Å². The van der Waals surface area contributed by atoms with E-state index in [0.29, 0.717) is 15.8 Å². The lowest BCUT2D eigenvalue weighted by Crippen LogP contribution is -2.13. The van der Waals surface area contributed by atoms with E-state index in [4.69, 9.17) is 11.6 Å². The molecule has 1 N–H and O–H groups in total. The molecule has 1 aromatic heterocycles. The Morgan fingerprint density at radius 2 is 1.87 bits per heavy atom. The zero-order valence-corrected chi connectivity index (χ0v) is 13.1. The first-order valence-corrected chi connectivity index (χ1v) is 7.76. The smallest absolute Gasteiger partial charge is 0.260 e. The van der Waals surface area contributed by atoms with Crippen molar-refractivity contribution in [3.63, 3.8) is 0 Å². The molecule has 0 spiro atoms. The predicted octanol–water partition coefficient (Wildman–Crippen LogP) is 4.99. The summed E-state index contributed by atoms with van der Waals surface area (Å²) >= 11 is 7.02. The van der Waals surface area contributed by atoms with Crippen LogP contribution in [0, 0.1) is 11.6 Å². The molecule has 0 bridgehead atoms. The zero-order chi connectivity index (χ0) is 16.4. The van der Waals surface area contributed by atoms with E-state index in [1.807, 2.05) is 0 Å². The average Bonchev–Trinajstić information content (AvgIpc) is 2.99. The minimum atomic E-state index is -0.793. The van der Waals surface area contributed by atoms with Gasteiger partial charge in [-0.25, -0.2) is 13.8 Å². The van der Waals surface area contributed by atoms with Gasteiger partial charge in [0.2, 0.25) is 0 Å². The average molecular weight is 351 g/mol. The van der Waals surface area contributed by atoms with Crippen molar-refractivity contribution in [2.45, 2.75) is 0 Å². The van der Waals surface area contributed by atoms with Gasteiger partial charge in [0.15, 0.2) is 5.13 Å². The van der Waals surface area contributed by atoms with E-state index in [0.717, 1.165) is 23.8 Å². The number of anilines is 1. The van der Waals surface area contributed by atoms with Crippen LogP contribution >= 0.6 is 22.9 Å². The van der Waals surface area contributed by atoms with Gasteiger partial charge in [-0.3, -0.25) is 10.1 Å². The molecule has 1 heterocycles. The fourth-order valence-corrected chi connectivity index (χ4v) is 2.76. The summed E-state index contributed by atoms with van der Waals surface area (Å²) in [6.45, 7) is 0. The number of hydrogen-bond donors (Lipinski definition) is 1. The number of halogens is 3. The van der Waals surface area contributed by atoms with Gasteiger partial charge in [0.25, 0.3) is 5.91 Å². The number of rotatable bonds is 3. The Balaban J connectivity index is 1.80. The Kier molecular flexibility index (Phi) is 4.36. The third-order valence-corrected chi connectivity index (χ3v) is 4.05. The summed E-state index contributed by atoms with van der Waals surface area (Å²) in [5, 5.41) is 5.12. The lowest BCUT2D eigenvalue weighted by atomic mass is 10.2. The van der Waals surface area contributed by atoms with Gasteiger partial charge in [-0.1, -0.05) is 23.7 Å². The van der Waals surface area contributed by atoms with Gasteiger partial charge in [-0.2, -0.15) is 0 Å². The Hall–Kier alpha value is -2.31. The molecule has 0 unspecified atom stereocenters. The van der Waals surface area contributed by atoms with E-state index in [1.165, 1.54) is 11.3 Å². The Morgan fingerprint density at radius 3 is 2.61 bits per heavy atom. The lowest BCUT2D eigenvalue weighted by Gasteiger charge is -2.03. The van der Waals surface area contributed by atoms with E-state index in [2.05, 4.69) is 10.3 Å². The molecule has 23 heavy (non-hydrogen) atoms. The molecule has 0 atom stereocenters. The SMILES string of the molecule is O=C(Nc1nc(-c2ccc(Cl)cc2)cs1)c1cc(F)ccc1F. The minimum absolute atomic E-state index is 0.295. The highest BCUT2D eigenvalue weighted by Crippen LogP contribution is 2.26. The minimum Gasteiger partial charge on any atom is -0.298 e. The second kappa shape index (κ2) is 6.44. The van der Waals surface area contributed by atoms with Crippen LogP contribution in [0.2, 0.25) is 5.02 Å². The van der Waals surface area contributed by atoms with Crippen LogP contribution in [-0.4, -0.2) is 10.9 Å². The molecule has 1 amide bonds. The largest absolute Gasteiger partial charge is 0.298 e. The maximum atomic E-state index is 13.6. The van der Waals surface area contributed by atoms with Gasteiger partial charge in [0, 0.05) is 16.0 Å². The molecule has 3 aromatic rings. The summed E-state index contributed by atoms with van der Waals surface area (Å²) < 4.78 is 26.7. The van der Waals surface area contributed by atoms with Crippen LogP contribution in [0.4, 0.5) is 13.9 Å². The van der Waals surface area contributed by atoms with Crippen LogP contribution in [0.1, 0.15) is 10.4 Å². The molecular weight excluding hydrogens is 342 g/mol. The molecule has 0 aliphatic rings. The van der Waals surface area contributed by atoms with Crippen LogP contribution in [0.25, 0.3) is 11.3 Å². The predicted molar refractivity (Wildman–Crippen MR) is 86.9 cm³/mol. The third kappa shape index (κ3) is 3.55. The zero-order valence-electron chi connectivity index (χ0n) is 11.5. The Morgan fingerprint density at radius 1 is 1.13 bits per heavy atom. The van der Waals surface area contributed by atoms with E-state index in [1.54, 1.807) is 29.6 Å². The van der Waals surface area contributed by atoms with Gasteiger partial charge in [-0.05, 0) is 30.3 Å². The molecule has 0 radical (unpaired) electrons. The van der Waals surface area contributed by atoms with Gasteiger partial charge >= 0.3 is 0 Å². The van der Waals surface area contributed by atoms with Crippen molar-refractivity contribution in [2.24, 2.45) is 0 Å². The van der Waals surface area contributed by atoms with E-state index in [-0.39, 0.29) is 5.56 Å². The van der Waals surface area contributed by atoms with E-state index < -0.39 is 17.5 Å². The number of thiazole rings is 1. The van der Waals surface area contributed by atoms with Gasteiger partial charge < -0.3 is 0 Å². The monoisotopic (exact) mass is 350 g/mol. The topological polar surface area (TPSA) is 42.0 Å². The summed E-state index contributed by atoms with van der Waals surface area (Å²) in [7, 11) is 0. The van der Waals surface area contributed by atoms with Crippen molar-refractivity contribution in [3.05, 3.63) is 70.1 Å². The molecule has 0 saturated heterocycles. The fraction of sp³-hybridized carbons (Fsp3) is 0. The molecule has 2 aromatic carbocycles. The first-order chi connectivity index (χ1) is 11.0. The molecule has 0 aliphatic carbocycles. The number of amides is 1. The number of carbonyl (C=O) groups is 1. The molecule has 3 nitrogen and oxygen atoms in total. The second-order valence-electron chi connectivity index (χ2n) is 4.62. The highest BCUT2D eigenvalue weighted by Gasteiger charge is 2.15. The second-order valence-corrected chi connectivity index (χ2v) is 5.92. The maximum absolute atomic E-state index is 13.6. The summed E-state index contributed by atoms with van der Waals surface area (Å²) in [4.78, 5) is 16.3. The summed E-state index contributed by atoms with van der Waals surface area (Å²) in [6, 6.07) is 9.77. The maximum Gasteiger partial charge on any atom is 0.260 e. The highest BCUT2D eigenvalue weighted by molar-refractivity contribution is 7.14. The number of nitrogens with zero attached hydrogens (tertiary/aromatic N) is 1. The van der Waals surface area contributed by atoms with Crippen molar-refractivity contribution >= 4 is 34.0 Å². The molecular formula is C16H9ClF2N2OS. The number of hydrogen-bond acceptors (Lipinski definition) is 3. The molecule has 0 fully saturated rings. The van der Waals surface area contributed by atoms with Crippen molar-refractivity contribution < 1.29 is 13.6 Å². The number of carbonyl (C=O) groups excluding carboxylic acids is 1. The first kappa shape index (κ1) is 15.6. The summed E-state index contributed by atoms with van der Waals surface area (Å²) in [5.41, 5.74) is 1.12. The molecule has 3 rings (SSSR count). The molecule has 0 aliphatic heterocycles. The van der Waals surface area contributed by atoms with E-state index >= 15 is 0 Å². The molecule has 7 heteroatoms. The first-order valence-electron chi connectivity index (χ1n) is 6.51. The Labute approximate surface area is 139 Å². The summed E-state index contributed by atoms with van der Waals surface area (Å²) in [5.74, 6) is -2.23. The van der Waals surface area contributed by atoms with Crippen LogP contribution in [-0.2, 0) is 0 Å².